The van der Waals surface area contributed by atoms with Gasteiger partial charge in [0.05, 0.1) is 20.1 Å². The first-order valence-corrected chi connectivity index (χ1v) is 9.99. The van der Waals surface area contributed by atoms with Crippen LogP contribution in [-0.2, 0) is 16.1 Å². The van der Waals surface area contributed by atoms with E-state index in [9.17, 15) is 9.59 Å². The SMILES string of the molecule is COc1ccc(CN2CCN(C(=O)[C@H]3CCCN(C(C)=O)C3)CC2)cc1OC. The van der Waals surface area contributed by atoms with Crippen molar-refractivity contribution in [1.29, 1.82) is 0 Å². The Bertz CT molecular complexity index is 701. The highest BCUT2D eigenvalue weighted by Crippen LogP contribution is 2.28. The number of carbonyl (C=O) groups is 2. The Morgan fingerprint density at radius 3 is 2.36 bits per heavy atom. The maximum absolute atomic E-state index is 12.9. The third-order valence-electron chi connectivity index (χ3n) is 5.75. The van der Waals surface area contributed by atoms with Crippen molar-refractivity contribution in [2.24, 2.45) is 5.92 Å². The summed E-state index contributed by atoms with van der Waals surface area (Å²) < 4.78 is 10.7. The van der Waals surface area contributed by atoms with Gasteiger partial charge in [0, 0.05) is 52.7 Å². The van der Waals surface area contributed by atoms with Crippen molar-refractivity contribution in [2.75, 3.05) is 53.5 Å². The number of methoxy groups -OCH3 is 2. The lowest BCUT2D eigenvalue weighted by Crippen LogP contribution is -2.52. The smallest absolute Gasteiger partial charge is 0.227 e. The maximum Gasteiger partial charge on any atom is 0.227 e. The van der Waals surface area contributed by atoms with Gasteiger partial charge >= 0.3 is 0 Å². The first-order valence-electron chi connectivity index (χ1n) is 9.99. The maximum atomic E-state index is 12.9. The molecular formula is C21H31N3O4. The molecule has 0 aromatic heterocycles. The summed E-state index contributed by atoms with van der Waals surface area (Å²) in [4.78, 5) is 30.6. The van der Waals surface area contributed by atoms with Crippen LogP contribution in [0.25, 0.3) is 0 Å². The lowest BCUT2D eigenvalue weighted by molar-refractivity contribution is -0.141. The quantitative estimate of drug-likeness (QED) is 0.766. The van der Waals surface area contributed by atoms with E-state index in [0.717, 1.165) is 63.6 Å². The van der Waals surface area contributed by atoms with Crippen LogP contribution < -0.4 is 9.47 Å². The summed E-state index contributed by atoms with van der Waals surface area (Å²) in [6.45, 7) is 6.93. The van der Waals surface area contributed by atoms with E-state index in [1.165, 1.54) is 5.56 Å². The zero-order valence-corrected chi connectivity index (χ0v) is 17.1. The van der Waals surface area contributed by atoms with Crippen LogP contribution in [-0.4, -0.2) is 80.0 Å². The summed E-state index contributed by atoms with van der Waals surface area (Å²) in [6, 6.07) is 5.99. The van der Waals surface area contributed by atoms with Gasteiger partial charge in [0.1, 0.15) is 0 Å². The Morgan fingerprint density at radius 1 is 1.00 bits per heavy atom. The standard InChI is InChI=1S/C21H31N3O4/c1-16(25)24-8-4-5-18(15-24)21(26)23-11-9-22(10-12-23)14-17-6-7-19(27-2)20(13-17)28-3/h6-7,13,18H,4-5,8-12,14-15H2,1-3H3/t18-/m0/s1. The minimum Gasteiger partial charge on any atom is -0.493 e. The number of nitrogens with zero attached hydrogens (tertiary/aromatic N) is 3. The molecule has 2 fully saturated rings. The number of hydrogen-bond donors (Lipinski definition) is 0. The summed E-state index contributed by atoms with van der Waals surface area (Å²) in [5, 5.41) is 0. The van der Waals surface area contributed by atoms with Crippen LogP contribution in [0.5, 0.6) is 11.5 Å². The molecule has 2 aliphatic rings. The van der Waals surface area contributed by atoms with Gasteiger partial charge in [-0.1, -0.05) is 6.07 Å². The van der Waals surface area contributed by atoms with Crippen molar-refractivity contribution in [3.63, 3.8) is 0 Å². The second kappa shape index (κ2) is 9.28. The molecule has 1 aromatic carbocycles. The fraction of sp³-hybridized carbons (Fsp3) is 0.619. The Balaban J connectivity index is 1.51. The second-order valence-corrected chi connectivity index (χ2v) is 7.59. The van der Waals surface area contributed by atoms with Crippen LogP contribution in [0.3, 0.4) is 0 Å². The predicted molar refractivity (Wildman–Crippen MR) is 106 cm³/mol. The van der Waals surface area contributed by atoms with Gasteiger partial charge in [-0.05, 0) is 30.5 Å². The number of piperazine rings is 1. The lowest BCUT2D eigenvalue weighted by Gasteiger charge is -2.39. The van der Waals surface area contributed by atoms with Gasteiger partial charge in [0.15, 0.2) is 11.5 Å². The van der Waals surface area contributed by atoms with Gasteiger partial charge in [-0.25, -0.2) is 0 Å². The van der Waals surface area contributed by atoms with Gasteiger partial charge in [0.2, 0.25) is 11.8 Å². The largest absolute Gasteiger partial charge is 0.493 e. The van der Waals surface area contributed by atoms with Crippen LogP contribution in [0.4, 0.5) is 0 Å². The van der Waals surface area contributed by atoms with Crippen LogP contribution in [0.2, 0.25) is 0 Å². The Kier molecular flexibility index (Phi) is 6.78. The third-order valence-corrected chi connectivity index (χ3v) is 5.75. The van der Waals surface area contributed by atoms with E-state index in [1.807, 2.05) is 17.0 Å². The molecule has 2 saturated heterocycles. The molecule has 1 atom stereocenters. The fourth-order valence-corrected chi connectivity index (χ4v) is 4.09. The molecule has 2 amide bonds. The van der Waals surface area contributed by atoms with E-state index in [0.29, 0.717) is 6.54 Å². The average Bonchev–Trinajstić information content (AvgIpc) is 2.73. The summed E-state index contributed by atoms with van der Waals surface area (Å²) in [7, 11) is 3.28. The van der Waals surface area contributed by atoms with Crippen molar-refractivity contribution in [1.82, 2.24) is 14.7 Å². The molecule has 2 heterocycles. The molecule has 154 valence electrons. The van der Waals surface area contributed by atoms with Crippen molar-refractivity contribution in [3.8, 4) is 11.5 Å². The summed E-state index contributed by atoms with van der Waals surface area (Å²) in [5.41, 5.74) is 1.17. The Labute approximate surface area is 167 Å². The topological polar surface area (TPSA) is 62.3 Å². The van der Waals surface area contributed by atoms with Gasteiger partial charge < -0.3 is 19.3 Å². The molecule has 0 unspecified atom stereocenters. The van der Waals surface area contributed by atoms with Gasteiger partial charge in [-0.3, -0.25) is 14.5 Å². The molecule has 0 radical (unpaired) electrons. The summed E-state index contributed by atoms with van der Waals surface area (Å²) in [6.07, 6.45) is 1.80. The predicted octanol–water partition coefficient (Wildman–Crippen LogP) is 1.61. The van der Waals surface area contributed by atoms with Crippen LogP contribution in [0.15, 0.2) is 18.2 Å². The third kappa shape index (κ3) is 4.76. The highest BCUT2D eigenvalue weighted by atomic mass is 16.5. The van der Waals surface area contributed by atoms with Gasteiger partial charge in [-0.2, -0.15) is 0 Å². The minimum atomic E-state index is -0.0463. The van der Waals surface area contributed by atoms with Crippen LogP contribution >= 0.6 is 0 Å². The molecule has 0 N–H and O–H groups in total. The van der Waals surface area contributed by atoms with Gasteiger partial charge in [-0.15, -0.1) is 0 Å². The van der Waals surface area contributed by atoms with E-state index in [2.05, 4.69) is 11.0 Å². The van der Waals surface area contributed by atoms with E-state index in [1.54, 1.807) is 26.0 Å². The molecule has 3 rings (SSSR count). The zero-order valence-electron chi connectivity index (χ0n) is 17.1. The fourth-order valence-electron chi connectivity index (χ4n) is 4.09. The second-order valence-electron chi connectivity index (χ2n) is 7.59. The number of likely N-dealkylation sites (tertiary alicyclic amines) is 1. The van der Waals surface area contributed by atoms with E-state index in [4.69, 9.17) is 9.47 Å². The molecule has 1 aromatic rings. The number of hydrogen-bond acceptors (Lipinski definition) is 5. The zero-order chi connectivity index (χ0) is 20.1. The Morgan fingerprint density at radius 2 is 1.71 bits per heavy atom. The first-order chi connectivity index (χ1) is 13.5. The monoisotopic (exact) mass is 389 g/mol. The average molecular weight is 389 g/mol. The molecule has 2 aliphatic heterocycles. The normalized spacial score (nSPS) is 20.8. The number of ether oxygens (including phenoxy) is 2. The van der Waals surface area contributed by atoms with Crippen LogP contribution in [0, 0.1) is 5.92 Å². The van der Waals surface area contributed by atoms with E-state index >= 15 is 0 Å². The summed E-state index contributed by atoms with van der Waals surface area (Å²) >= 11 is 0. The number of amides is 2. The van der Waals surface area contributed by atoms with Crippen molar-refractivity contribution in [3.05, 3.63) is 23.8 Å². The summed E-state index contributed by atoms with van der Waals surface area (Å²) in [5.74, 6) is 1.69. The molecule has 7 nitrogen and oxygen atoms in total. The lowest BCUT2D eigenvalue weighted by atomic mass is 9.96. The molecule has 28 heavy (non-hydrogen) atoms. The van der Waals surface area contributed by atoms with Crippen LogP contribution in [0.1, 0.15) is 25.3 Å². The molecule has 7 heteroatoms. The molecule has 0 aliphatic carbocycles. The van der Waals surface area contributed by atoms with Crippen molar-refractivity contribution < 1.29 is 19.1 Å². The highest BCUT2D eigenvalue weighted by molar-refractivity contribution is 5.81. The van der Waals surface area contributed by atoms with Gasteiger partial charge in [0.25, 0.3) is 0 Å². The number of rotatable bonds is 5. The molecule has 0 saturated carbocycles. The number of piperidine rings is 1. The molecule has 0 bridgehead atoms. The minimum absolute atomic E-state index is 0.0463. The molecular weight excluding hydrogens is 358 g/mol. The highest BCUT2D eigenvalue weighted by Gasteiger charge is 2.31. The molecule has 0 spiro atoms. The first kappa shape index (κ1) is 20.5. The number of carbonyl (C=O) groups excluding carboxylic acids is 2. The number of benzene rings is 1. The van der Waals surface area contributed by atoms with E-state index < -0.39 is 0 Å². The van der Waals surface area contributed by atoms with Crippen molar-refractivity contribution in [2.45, 2.75) is 26.3 Å². The Hall–Kier alpha value is -2.28. The van der Waals surface area contributed by atoms with Crippen molar-refractivity contribution >= 4 is 11.8 Å². The van der Waals surface area contributed by atoms with E-state index in [-0.39, 0.29) is 17.7 Å².